The van der Waals surface area contributed by atoms with Gasteiger partial charge in [0.15, 0.2) is 0 Å². The van der Waals surface area contributed by atoms with Gasteiger partial charge in [0.2, 0.25) is 0 Å². The lowest BCUT2D eigenvalue weighted by atomic mass is 9.99. The Balaban J connectivity index is 3.03. The number of aromatic nitrogens is 1. The Bertz CT molecular complexity index is 572. The Kier molecular flexibility index (Phi) is 4.14. The van der Waals surface area contributed by atoms with Crippen molar-refractivity contribution in [2.75, 3.05) is 0 Å². The Morgan fingerprint density at radius 3 is 2.42 bits per heavy atom. The van der Waals surface area contributed by atoms with Crippen molar-refractivity contribution in [1.82, 2.24) is 10.3 Å². The minimum Gasteiger partial charge on any atom is -0.481 e. The fraction of sp³-hybridized carbons (Fsp3) is 0.462. The van der Waals surface area contributed by atoms with Crippen LogP contribution in [0.1, 0.15) is 41.9 Å². The summed E-state index contributed by atoms with van der Waals surface area (Å²) in [5, 5.41) is 11.3. The van der Waals surface area contributed by atoms with Crippen LogP contribution in [0.25, 0.3) is 0 Å². The molecule has 0 aliphatic heterocycles. The summed E-state index contributed by atoms with van der Waals surface area (Å²) in [5.41, 5.74) is -0.147. The normalized spacial score (nSPS) is 11.2. The zero-order valence-corrected chi connectivity index (χ0v) is 11.5. The molecule has 0 fully saturated rings. The number of hydrogen-bond acceptors (Lipinski definition) is 3. The number of hydrogen-bond donors (Lipinski definition) is 3. The van der Waals surface area contributed by atoms with Crippen LogP contribution in [0.3, 0.4) is 0 Å². The molecule has 0 aliphatic carbocycles. The molecule has 1 aromatic heterocycles. The molecule has 3 N–H and O–H groups in total. The summed E-state index contributed by atoms with van der Waals surface area (Å²) in [5.74, 6) is -1.58. The van der Waals surface area contributed by atoms with Crippen molar-refractivity contribution < 1.29 is 14.7 Å². The second-order valence-corrected chi connectivity index (χ2v) is 5.25. The summed E-state index contributed by atoms with van der Waals surface area (Å²) < 4.78 is 0. The van der Waals surface area contributed by atoms with Gasteiger partial charge in [0, 0.05) is 11.2 Å². The summed E-state index contributed by atoms with van der Waals surface area (Å²) in [7, 11) is 0. The second kappa shape index (κ2) is 5.26. The smallest absolute Gasteiger partial charge is 0.305 e. The highest BCUT2D eigenvalue weighted by molar-refractivity contribution is 5.96. The lowest BCUT2D eigenvalue weighted by molar-refractivity contribution is -0.138. The van der Waals surface area contributed by atoms with Crippen molar-refractivity contribution in [2.24, 2.45) is 0 Å². The zero-order valence-electron chi connectivity index (χ0n) is 11.5. The maximum atomic E-state index is 12.1. The Morgan fingerprint density at radius 2 is 1.95 bits per heavy atom. The highest BCUT2D eigenvalue weighted by atomic mass is 16.4. The van der Waals surface area contributed by atoms with Gasteiger partial charge >= 0.3 is 5.97 Å². The molecule has 1 aromatic rings. The van der Waals surface area contributed by atoms with Crippen molar-refractivity contribution in [3.63, 3.8) is 0 Å². The van der Waals surface area contributed by atoms with Gasteiger partial charge < -0.3 is 15.4 Å². The van der Waals surface area contributed by atoms with Crippen molar-refractivity contribution in [1.29, 1.82) is 0 Å². The predicted octanol–water partition coefficient (Wildman–Crippen LogP) is 0.975. The number of nitrogens with one attached hydrogen (secondary N) is 2. The molecule has 0 aromatic carbocycles. The van der Waals surface area contributed by atoms with Crippen LogP contribution in [0, 0.1) is 13.8 Å². The number of pyridine rings is 1. The molecule has 1 heterocycles. The molecule has 0 saturated carbocycles. The predicted molar refractivity (Wildman–Crippen MR) is 70.3 cm³/mol. The van der Waals surface area contributed by atoms with E-state index in [2.05, 4.69) is 10.3 Å². The Morgan fingerprint density at radius 1 is 1.37 bits per heavy atom. The molecular formula is C13H18N2O4. The number of aromatic amines is 1. The monoisotopic (exact) mass is 266 g/mol. The lowest BCUT2D eigenvalue weighted by Gasteiger charge is -2.24. The van der Waals surface area contributed by atoms with Crippen LogP contribution in [0.4, 0.5) is 0 Å². The van der Waals surface area contributed by atoms with E-state index in [0.29, 0.717) is 11.3 Å². The number of carboxylic acids is 1. The first-order valence-electron chi connectivity index (χ1n) is 5.87. The summed E-state index contributed by atoms with van der Waals surface area (Å²) in [6.07, 6.45) is -0.221. The minimum absolute atomic E-state index is 0.0177. The molecule has 0 spiro atoms. The molecule has 0 bridgehead atoms. The number of carbonyl (C=O) groups is 2. The van der Waals surface area contributed by atoms with Crippen LogP contribution >= 0.6 is 0 Å². The summed E-state index contributed by atoms with van der Waals surface area (Å²) in [6.45, 7) is 6.58. The first-order chi connectivity index (χ1) is 8.62. The van der Waals surface area contributed by atoms with Crippen molar-refractivity contribution >= 4 is 11.9 Å². The van der Waals surface area contributed by atoms with Gasteiger partial charge in [-0.1, -0.05) is 0 Å². The topological polar surface area (TPSA) is 99.3 Å². The average Bonchev–Trinajstić information content (AvgIpc) is 2.10. The van der Waals surface area contributed by atoms with Gasteiger partial charge in [0.05, 0.1) is 6.42 Å². The van der Waals surface area contributed by atoms with Gasteiger partial charge in [-0.25, -0.2) is 0 Å². The van der Waals surface area contributed by atoms with Crippen LogP contribution in [-0.2, 0) is 4.79 Å². The third-order valence-electron chi connectivity index (χ3n) is 2.64. The first-order valence-corrected chi connectivity index (χ1v) is 5.87. The fourth-order valence-corrected chi connectivity index (χ4v) is 1.93. The Labute approximate surface area is 110 Å². The molecule has 6 heteroatoms. The summed E-state index contributed by atoms with van der Waals surface area (Å²) in [6, 6.07) is 1.69. The van der Waals surface area contributed by atoms with E-state index in [9.17, 15) is 14.4 Å². The Hall–Kier alpha value is -2.11. The van der Waals surface area contributed by atoms with Gasteiger partial charge in [-0.2, -0.15) is 0 Å². The van der Waals surface area contributed by atoms with E-state index in [4.69, 9.17) is 5.11 Å². The van der Waals surface area contributed by atoms with Crippen LogP contribution in [0.5, 0.6) is 0 Å². The third-order valence-corrected chi connectivity index (χ3v) is 2.64. The van der Waals surface area contributed by atoms with E-state index in [0.717, 1.165) is 0 Å². The quantitative estimate of drug-likeness (QED) is 0.756. The number of rotatable bonds is 4. The lowest BCUT2D eigenvalue weighted by Crippen LogP contribution is -2.46. The number of aliphatic carboxylic acids is 1. The van der Waals surface area contributed by atoms with Gasteiger partial charge in [0.1, 0.15) is 5.56 Å². The standard InChI is InChI=1S/C13H18N2O4/c1-7-5-8(2)14-11(18)10(7)12(19)15-13(3,4)6-9(16)17/h5H,6H2,1-4H3,(H,14,18)(H,15,19)(H,16,17). The number of amides is 1. The molecule has 1 amide bonds. The van der Waals surface area contributed by atoms with Crippen LogP contribution < -0.4 is 10.9 Å². The summed E-state index contributed by atoms with van der Waals surface area (Å²) >= 11 is 0. The third kappa shape index (κ3) is 3.94. The molecule has 19 heavy (non-hydrogen) atoms. The van der Waals surface area contributed by atoms with Crippen molar-refractivity contribution in [3.05, 3.63) is 33.2 Å². The molecule has 0 atom stereocenters. The minimum atomic E-state index is -1.01. The molecule has 0 unspecified atom stereocenters. The highest BCUT2D eigenvalue weighted by Crippen LogP contribution is 2.11. The molecule has 0 saturated heterocycles. The number of aryl methyl sites for hydroxylation is 2. The molecule has 104 valence electrons. The van der Waals surface area contributed by atoms with E-state index < -0.39 is 23.0 Å². The van der Waals surface area contributed by atoms with Crippen molar-refractivity contribution in [2.45, 2.75) is 39.7 Å². The van der Waals surface area contributed by atoms with Crippen molar-refractivity contribution in [3.8, 4) is 0 Å². The highest BCUT2D eigenvalue weighted by Gasteiger charge is 2.26. The fourth-order valence-electron chi connectivity index (χ4n) is 1.93. The largest absolute Gasteiger partial charge is 0.481 e. The van der Waals surface area contributed by atoms with Crippen LogP contribution in [0.2, 0.25) is 0 Å². The van der Waals surface area contributed by atoms with Crippen LogP contribution in [-0.4, -0.2) is 27.5 Å². The van der Waals surface area contributed by atoms with E-state index in [1.54, 1.807) is 33.8 Å². The molecule has 0 radical (unpaired) electrons. The average molecular weight is 266 g/mol. The molecule has 6 nitrogen and oxygen atoms in total. The van der Waals surface area contributed by atoms with Gasteiger partial charge in [-0.3, -0.25) is 14.4 Å². The zero-order chi connectivity index (χ0) is 14.8. The van der Waals surface area contributed by atoms with Crippen LogP contribution in [0.15, 0.2) is 10.9 Å². The second-order valence-electron chi connectivity index (χ2n) is 5.25. The molecule has 1 rings (SSSR count). The number of carbonyl (C=O) groups excluding carboxylic acids is 1. The number of carboxylic acid groups (broad SMARTS) is 1. The molecule has 0 aliphatic rings. The summed E-state index contributed by atoms with van der Waals surface area (Å²) in [4.78, 5) is 37.1. The number of H-pyrrole nitrogens is 1. The first kappa shape index (κ1) is 14.9. The SMILES string of the molecule is Cc1cc(C)c(C(=O)NC(C)(C)CC(=O)O)c(=O)[nH]1. The molecular weight excluding hydrogens is 248 g/mol. The maximum absolute atomic E-state index is 12.1. The van der Waals surface area contributed by atoms with E-state index >= 15 is 0 Å². The van der Waals surface area contributed by atoms with Gasteiger partial charge in [-0.05, 0) is 39.3 Å². The van der Waals surface area contributed by atoms with Gasteiger partial charge in [0.25, 0.3) is 11.5 Å². The van der Waals surface area contributed by atoms with E-state index in [-0.39, 0.29) is 12.0 Å². The van der Waals surface area contributed by atoms with E-state index in [1.165, 1.54) is 0 Å². The maximum Gasteiger partial charge on any atom is 0.305 e. The van der Waals surface area contributed by atoms with Gasteiger partial charge in [-0.15, -0.1) is 0 Å². The van der Waals surface area contributed by atoms with E-state index in [1.807, 2.05) is 0 Å².